The molecule has 0 heterocycles. The third kappa shape index (κ3) is 4.64. The number of anilines is 1. The summed E-state index contributed by atoms with van der Waals surface area (Å²) in [6, 6.07) is 9.96. The zero-order valence-corrected chi connectivity index (χ0v) is 10.1. The summed E-state index contributed by atoms with van der Waals surface area (Å²) in [5, 5.41) is 18.7. The second-order valence-electron chi connectivity index (χ2n) is 4.65. The maximum atomic E-state index is 9.84. The molecule has 2 N–H and O–H groups in total. The molecule has 0 atom stereocenters. The molecule has 0 bridgehead atoms. The molecule has 0 saturated carbocycles. The van der Waals surface area contributed by atoms with Crippen LogP contribution in [0.4, 0.5) is 5.69 Å². The molecule has 0 radical (unpaired) electrons. The minimum atomic E-state index is -0.731. The van der Waals surface area contributed by atoms with Gasteiger partial charge in [0.05, 0.1) is 5.60 Å². The van der Waals surface area contributed by atoms with Gasteiger partial charge < -0.3 is 15.1 Å². The highest BCUT2D eigenvalue weighted by Gasteiger charge is 2.18. The first-order valence-corrected chi connectivity index (χ1v) is 5.66. The molecule has 0 unspecified atom stereocenters. The lowest BCUT2D eigenvalue weighted by molar-refractivity contribution is 0.0869. The lowest BCUT2D eigenvalue weighted by Gasteiger charge is -2.30. The Balaban J connectivity index is 2.71. The van der Waals surface area contributed by atoms with E-state index in [1.807, 2.05) is 30.3 Å². The number of hydrogen-bond donors (Lipinski definition) is 2. The van der Waals surface area contributed by atoms with Crippen LogP contribution in [0.15, 0.2) is 30.3 Å². The molecular weight excluding hydrogens is 202 g/mol. The first-order chi connectivity index (χ1) is 7.53. The van der Waals surface area contributed by atoms with E-state index in [0.717, 1.165) is 12.2 Å². The minimum absolute atomic E-state index is 0.176. The number of para-hydroxylation sites is 1. The van der Waals surface area contributed by atoms with E-state index in [1.54, 1.807) is 13.8 Å². The van der Waals surface area contributed by atoms with Crippen LogP contribution in [-0.4, -0.2) is 35.5 Å². The molecule has 1 rings (SSSR count). The summed E-state index contributed by atoms with van der Waals surface area (Å²) in [4.78, 5) is 2.09. The molecule has 0 fully saturated rings. The highest BCUT2D eigenvalue weighted by molar-refractivity contribution is 5.46. The van der Waals surface area contributed by atoms with Crippen molar-refractivity contribution in [3.63, 3.8) is 0 Å². The van der Waals surface area contributed by atoms with Crippen molar-refractivity contribution in [2.75, 3.05) is 24.6 Å². The second-order valence-corrected chi connectivity index (χ2v) is 4.65. The van der Waals surface area contributed by atoms with E-state index in [1.165, 1.54) is 0 Å². The number of aliphatic hydroxyl groups excluding tert-OH is 1. The van der Waals surface area contributed by atoms with Gasteiger partial charge in [-0.2, -0.15) is 0 Å². The second kappa shape index (κ2) is 5.87. The molecule has 0 saturated heterocycles. The van der Waals surface area contributed by atoms with Crippen LogP contribution in [0.5, 0.6) is 0 Å². The molecule has 0 aliphatic rings. The van der Waals surface area contributed by atoms with E-state index >= 15 is 0 Å². The molecule has 0 amide bonds. The maximum Gasteiger partial charge on any atom is 0.0765 e. The van der Waals surface area contributed by atoms with E-state index in [9.17, 15) is 5.11 Å². The van der Waals surface area contributed by atoms with Gasteiger partial charge >= 0.3 is 0 Å². The van der Waals surface area contributed by atoms with Gasteiger partial charge in [-0.05, 0) is 32.4 Å². The summed E-state index contributed by atoms with van der Waals surface area (Å²) in [6.45, 7) is 5.08. The van der Waals surface area contributed by atoms with Crippen LogP contribution in [0.1, 0.15) is 20.3 Å². The normalized spacial score (nSPS) is 11.5. The topological polar surface area (TPSA) is 43.7 Å². The number of nitrogens with zero attached hydrogens (tertiary/aromatic N) is 1. The molecule has 0 aromatic heterocycles. The average Bonchev–Trinajstić information content (AvgIpc) is 2.24. The lowest BCUT2D eigenvalue weighted by atomic mass is 10.1. The Morgan fingerprint density at radius 1 is 1.19 bits per heavy atom. The van der Waals surface area contributed by atoms with Gasteiger partial charge in [0.1, 0.15) is 0 Å². The van der Waals surface area contributed by atoms with Crippen molar-refractivity contribution in [2.45, 2.75) is 25.9 Å². The third-order valence-electron chi connectivity index (χ3n) is 2.29. The van der Waals surface area contributed by atoms with Crippen molar-refractivity contribution in [2.24, 2.45) is 0 Å². The van der Waals surface area contributed by atoms with Gasteiger partial charge in [0.25, 0.3) is 0 Å². The Labute approximate surface area is 97.3 Å². The Bertz CT molecular complexity index is 293. The standard InChI is InChI=1S/C13H21NO2/c1-13(2,16)11-14(9-6-10-15)12-7-4-3-5-8-12/h3-5,7-8,15-16H,6,9-11H2,1-2H3. The van der Waals surface area contributed by atoms with Gasteiger partial charge in [-0.25, -0.2) is 0 Å². The van der Waals surface area contributed by atoms with Crippen LogP contribution in [-0.2, 0) is 0 Å². The molecule has 1 aromatic rings. The number of hydrogen-bond acceptors (Lipinski definition) is 3. The fourth-order valence-corrected chi connectivity index (χ4v) is 1.67. The van der Waals surface area contributed by atoms with E-state index in [2.05, 4.69) is 4.90 Å². The Morgan fingerprint density at radius 2 is 1.81 bits per heavy atom. The first-order valence-electron chi connectivity index (χ1n) is 5.66. The van der Waals surface area contributed by atoms with Crippen LogP contribution >= 0.6 is 0 Å². The van der Waals surface area contributed by atoms with E-state index in [0.29, 0.717) is 13.0 Å². The highest BCUT2D eigenvalue weighted by atomic mass is 16.3. The molecule has 0 aliphatic carbocycles. The maximum absolute atomic E-state index is 9.84. The van der Waals surface area contributed by atoms with Crippen molar-refractivity contribution in [3.05, 3.63) is 30.3 Å². The van der Waals surface area contributed by atoms with E-state index < -0.39 is 5.60 Å². The molecule has 0 spiro atoms. The van der Waals surface area contributed by atoms with Gasteiger partial charge in [-0.3, -0.25) is 0 Å². The fraction of sp³-hybridized carbons (Fsp3) is 0.538. The quantitative estimate of drug-likeness (QED) is 0.770. The molecule has 16 heavy (non-hydrogen) atoms. The van der Waals surface area contributed by atoms with Crippen molar-refractivity contribution in [1.29, 1.82) is 0 Å². The molecular formula is C13H21NO2. The zero-order valence-electron chi connectivity index (χ0n) is 10.1. The van der Waals surface area contributed by atoms with Crippen LogP contribution < -0.4 is 4.90 Å². The minimum Gasteiger partial charge on any atom is -0.396 e. The van der Waals surface area contributed by atoms with Crippen LogP contribution in [0.3, 0.4) is 0 Å². The Kier molecular flexibility index (Phi) is 4.77. The van der Waals surface area contributed by atoms with Gasteiger partial charge in [0.2, 0.25) is 0 Å². The summed E-state index contributed by atoms with van der Waals surface area (Å²) in [5.74, 6) is 0. The van der Waals surface area contributed by atoms with E-state index in [-0.39, 0.29) is 6.61 Å². The molecule has 90 valence electrons. The highest BCUT2D eigenvalue weighted by Crippen LogP contribution is 2.16. The van der Waals surface area contributed by atoms with Gasteiger partial charge in [-0.1, -0.05) is 18.2 Å². The predicted molar refractivity (Wildman–Crippen MR) is 66.7 cm³/mol. The number of aliphatic hydroxyl groups is 2. The van der Waals surface area contributed by atoms with Crippen molar-refractivity contribution < 1.29 is 10.2 Å². The van der Waals surface area contributed by atoms with Gasteiger partial charge in [0, 0.05) is 25.4 Å². The Hall–Kier alpha value is -1.06. The SMILES string of the molecule is CC(C)(O)CN(CCCO)c1ccccc1. The van der Waals surface area contributed by atoms with Crippen LogP contribution in [0.25, 0.3) is 0 Å². The van der Waals surface area contributed by atoms with Gasteiger partial charge in [0.15, 0.2) is 0 Å². The van der Waals surface area contributed by atoms with Crippen molar-refractivity contribution in [1.82, 2.24) is 0 Å². The van der Waals surface area contributed by atoms with Crippen molar-refractivity contribution >= 4 is 5.69 Å². The summed E-state index contributed by atoms with van der Waals surface area (Å²) in [6.07, 6.45) is 0.713. The average molecular weight is 223 g/mol. The van der Waals surface area contributed by atoms with Gasteiger partial charge in [-0.15, -0.1) is 0 Å². The van der Waals surface area contributed by atoms with Crippen LogP contribution in [0.2, 0.25) is 0 Å². The largest absolute Gasteiger partial charge is 0.396 e. The smallest absolute Gasteiger partial charge is 0.0765 e. The van der Waals surface area contributed by atoms with E-state index in [4.69, 9.17) is 5.11 Å². The molecule has 3 nitrogen and oxygen atoms in total. The number of benzene rings is 1. The third-order valence-corrected chi connectivity index (χ3v) is 2.29. The summed E-state index contributed by atoms with van der Waals surface area (Å²) >= 11 is 0. The molecule has 0 aliphatic heterocycles. The summed E-state index contributed by atoms with van der Waals surface area (Å²) in [7, 11) is 0. The molecule has 3 heteroatoms. The zero-order chi connectivity index (χ0) is 12.0. The lowest BCUT2D eigenvalue weighted by Crippen LogP contribution is -2.39. The fourth-order valence-electron chi connectivity index (χ4n) is 1.67. The monoisotopic (exact) mass is 223 g/mol. The van der Waals surface area contributed by atoms with Crippen molar-refractivity contribution in [3.8, 4) is 0 Å². The number of rotatable bonds is 6. The molecule has 1 aromatic carbocycles. The summed E-state index contributed by atoms with van der Waals surface area (Å²) in [5.41, 5.74) is 0.351. The Morgan fingerprint density at radius 3 is 2.31 bits per heavy atom. The van der Waals surface area contributed by atoms with Crippen LogP contribution in [0, 0.1) is 0 Å². The first kappa shape index (κ1) is 13.0. The predicted octanol–water partition coefficient (Wildman–Crippen LogP) is 1.65. The summed E-state index contributed by atoms with van der Waals surface area (Å²) < 4.78 is 0.